The molecule has 2 N–H and O–H groups in total. The molecule has 2 aliphatic heterocycles. The van der Waals surface area contributed by atoms with Crippen LogP contribution in [0.15, 0.2) is 41.3 Å². The van der Waals surface area contributed by atoms with E-state index in [9.17, 15) is 23.1 Å². The fraction of sp³-hybridized carbons (Fsp3) is 0.400. The van der Waals surface area contributed by atoms with Gasteiger partial charge in [0.15, 0.2) is 0 Å². The summed E-state index contributed by atoms with van der Waals surface area (Å²) in [6.45, 7) is 0.911. The van der Waals surface area contributed by atoms with Gasteiger partial charge in [0.05, 0.1) is 33.3 Å². The van der Waals surface area contributed by atoms with Gasteiger partial charge in [0, 0.05) is 18.8 Å². The topological polar surface area (TPSA) is 116 Å². The lowest BCUT2D eigenvalue weighted by molar-refractivity contribution is 0.0920. The van der Waals surface area contributed by atoms with Crippen molar-refractivity contribution in [2.45, 2.75) is 29.9 Å². The largest absolute Gasteiger partial charge is 0.442 e. The molecule has 2 aromatic rings. The number of anilines is 1. The Morgan fingerprint density at radius 1 is 1.19 bits per heavy atom. The number of benzene rings is 1. The van der Waals surface area contributed by atoms with Crippen LogP contribution in [0.4, 0.5) is 10.5 Å². The molecule has 2 aliphatic rings. The maximum atomic E-state index is 12.8. The van der Waals surface area contributed by atoms with E-state index in [0.717, 1.165) is 11.3 Å². The van der Waals surface area contributed by atoms with E-state index in [-0.39, 0.29) is 37.0 Å². The zero-order valence-corrected chi connectivity index (χ0v) is 19.3. The first-order valence-electron chi connectivity index (χ1n) is 10.0. The normalized spacial score (nSPS) is 20.4. The predicted octanol–water partition coefficient (Wildman–Crippen LogP) is 2.30. The Hall–Kier alpha value is -2.18. The first-order valence-corrected chi connectivity index (χ1v) is 12.7. The molecular weight excluding hydrogens is 478 g/mol. The number of halogens is 1. The summed E-state index contributed by atoms with van der Waals surface area (Å²) in [5.41, 5.74) is 0.502. The van der Waals surface area contributed by atoms with E-state index in [1.54, 1.807) is 24.3 Å². The van der Waals surface area contributed by atoms with Gasteiger partial charge in [-0.05, 0) is 49.2 Å². The standard InChI is InChI=1S/C20H22ClN3O6S2/c21-18-6-5-17(31-18)19(26)22-11-15-12-24(20(27)30-15)13-1-3-16(4-2-13)32(28,29)23-9-7-14(25)8-10-23/h1-6,14-15,25H,7-12H2,(H,22,26). The number of nitrogens with zero attached hydrogens (tertiary/aromatic N) is 2. The number of hydrogen-bond donors (Lipinski definition) is 2. The number of rotatable bonds is 6. The van der Waals surface area contributed by atoms with Crippen molar-refractivity contribution < 1.29 is 27.9 Å². The monoisotopic (exact) mass is 499 g/mol. The quantitative estimate of drug-likeness (QED) is 0.630. The number of aliphatic hydroxyl groups is 1. The van der Waals surface area contributed by atoms with Gasteiger partial charge in [-0.3, -0.25) is 9.69 Å². The van der Waals surface area contributed by atoms with Gasteiger partial charge in [-0.2, -0.15) is 4.31 Å². The van der Waals surface area contributed by atoms with Crippen LogP contribution in [0.1, 0.15) is 22.5 Å². The number of hydrogen-bond acceptors (Lipinski definition) is 7. The van der Waals surface area contributed by atoms with Crippen LogP contribution in [0.2, 0.25) is 4.34 Å². The van der Waals surface area contributed by atoms with Gasteiger partial charge in [0.1, 0.15) is 6.10 Å². The number of nitrogens with one attached hydrogen (secondary N) is 1. The Morgan fingerprint density at radius 3 is 2.50 bits per heavy atom. The van der Waals surface area contributed by atoms with Crippen molar-refractivity contribution >= 4 is 50.6 Å². The number of carbonyl (C=O) groups is 2. The summed E-state index contributed by atoms with van der Waals surface area (Å²) in [7, 11) is -3.66. The zero-order valence-electron chi connectivity index (χ0n) is 16.9. The molecule has 1 aromatic carbocycles. The lowest BCUT2D eigenvalue weighted by Gasteiger charge is -2.28. The number of amides is 2. The number of sulfonamides is 1. The molecule has 172 valence electrons. The first kappa shape index (κ1) is 23.0. The van der Waals surface area contributed by atoms with Gasteiger partial charge in [-0.25, -0.2) is 13.2 Å². The lowest BCUT2D eigenvalue weighted by atomic mass is 10.1. The molecule has 0 aliphatic carbocycles. The summed E-state index contributed by atoms with van der Waals surface area (Å²) in [5, 5.41) is 12.3. The summed E-state index contributed by atoms with van der Waals surface area (Å²) in [6.07, 6.45) is -0.747. The molecule has 2 fully saturated rings. The molecule has 0 bridgehead atoms. The van der Waals surface area contributed by atoms with E-state index >= 15 is 0 Å². The molecule has 9 nitrogen and oxygen atoms in total. The Balaban J connectivity index is 1.36. The van der Waals surface area contributed by atoms with E-state index in [1.807, 2.05) is 0 Å². The average Bonchev–Trinajstić information content (AvgIpc) is 3.38. The molecule has 0 spiro atoms. The maximum absolute atomic E-state index is 12.8. The molecule has 32 heavy (non-hydrogen) atoms. The molecule has 0 radical (unpaired) electrons. The van der Waals surface area contributed by atoms with Crippen LogP contribution in [-0.4, -0.2) is 68.2 Å². The minimum absolute atomic E-state index is 0.128. The van der Waals surface area contributed by atoms with E-state index in [2.05, 4.69) is 5.32 Å². The van der Waals surface area contributed by atoms with E-state index < -0.39 is 28.3 Å². The second-order valence-corrected chi connectivity index (χ2v) is 11.2. The van der Waals surface area contributed by atoms with Crippen molar-refractivity contribution in [3.8, 4) is 0 Å². The zero-order chi connectivity index (χ0) is 22.9. The summed E-state index contributed by atoms with van der Waals surface area (Å²) in [4.78, 5) is 26.4. The second kappa shape index (κ2) is 9.36. The second-order valence-electron chi connectivity index (χ2n) is 7.56. The SMILES string of the molecule is O=C(NCC1CN(c2ccc(S(=O)(=O)N3CCC(O)CC3)cc2)C(=O)O1)c1ccc(Cl)s1. The van der Waals surface area contributed by atoms with Crippen molar-refractivity contribution in [3.63, 3.8) is 0 Å². The Labute approximate surface area is 194 Å². The van der Waals surface area contributed by atoms with Crippen molar-refractivity contribution in [2.24, 2.45) is 0 Å². The smallest absolute Gasteiger partial charge is 0.414 e. The van der Waals surface area contributed by atoms with Crippen molar-refractivity contribution in [1.82, 2.24) is 9.62 Å². The molecule has 12 heteroatoms. The number of ether oxygens (including phenoxy) is 1. The summed E-state index contributed by atoms with van der Waals surface area (Å²) >= 11 is 7.00. The van der Waals surface area contributed by atoms with E-state index in [4.69, 9.17) is 16.3 Å². The van der Waals surface area contributed by atoms with Crippen LogP contribution in [-0.2, 0) is 14.8 Å². The van der Waals surface area contributed by atoms with Crippen LogP contribution >= 0.6 is 22.9 Å². The third kappa shape index (κ3) is 4.91. The van der Waals surface area contributed by atoms with Crippen molar-refractivity contribution in [2.75, 3.05) is 31.1 Å². The third-order valence-electron chi connectivity index (χ3n) is 5.37. The summed E-state index contributed by atoms with van der Waals surface area (Å²) < 4.78 is 32.8. The molecular formula is C20H22ClN3O6S2. The minimum Gasteiger partial charge on any atom is -0.442 e. The van der Waals surface area contributed by atoms with Gasteiger partial charge in [0.2, 0.25) is 10.0 Å². The third-order valence-corrected chi connectivity index (χ3v) is 8.51. The molecule has 1 atom stereocenters. The Kier molecular flexibility index (Phi) is 6.72. The molecule has 2 saturated heterocycles. The first-order chi connectivity index (χ1) is 15.2. The van der Waals surface area contributed by atoms with E-state index in [0.29, 0.717) is 27.7 Å². The Bertz CT molecular complexity index is 1100. The van der Waals surface area contributed by atoms with Crippen LogP contribution < -0.4 is 10.2 Å². The van der Waals surface area contributed by atoms with Crippen LogP contribution in [0, 0.1) is 0 Å². The van der Waals surface area contributed by atoms with Crippen LogP contribution in [0.3, 0.4) is 0 Å². The van der Waals surface area contributed by atoms with Gasteiger partial charge in [-0.15, -0.1) is 11.3 Å². The van der Waals surface area contributed by atoms with Gasteiger partial charge in [-0.1, -0.05) is 11.6 Å². The summed E-state index contributed by atoms with van der Waals surface area (Å²) in [5.74, 6) is -0.295. The number of piperidine rings is 1. The predicted molar refractivity (Wildman–Crippen MR) is 120 cm³/mol. The van der Waals surface area contributed by atoms with Crippen LogP contribution in [0.5, 0.6) is 0 Å². The lowest BCUT2D eigenvalue weighted by Crippen LogP contribution is -2.40. The highest BCUT2D eigenvalue weighted by molar-refractivity contribution is 7.89. The number of cyclic esters (lactones) is 1. The molecule has 1 unspecified atom stereocenters. The maximum Gasteiger partial charge on any atom is 0.414 e. The van der Waals surface area contributed by atoms with Crippen molar-refractivity contribution in [3.05, 3.63) is 45.6 Å². The summed E-state index contributed by atoms with van der Waals surface area (Å²) in [6, 6.07) is 9.29. The average molecular weight is 500 g/mol. The highest BCUT2D eigenvalue weighted by Gasteiger charge is 2.33. The number of thiophene rings is 1. The molecule has 1 aromatic heterocycles. The number of aliphatic hydroxyl groups excluding tert-OH is 1. The molecule has 2 amide bonds. The highest BCUT2D eigenvalue weighted by atomic mass is 35.5. The highest BCUT2D eigenvalue weighted by Crippen LogP contribution is 2.26. The van der Waals surface area contributed by atoms with Gasteiger partial charge < -0.3 is 15.2 Å². The minimum atomic E-state index is -3.66. The molecule has 0 saturated carbocycles. The molecule has 3 heterocycles. The van der Waals surface area contributed by atoms with Crippen molar-refractivity contribution in [1.29, 1.82) is 0 Å². The molecule has 4 rings (SSSR count). The van der Waals surface area contributed by atoms with Gasteiger partial charge in [0.25, 0.3) is 5.91 Å². The fourth-order valence-corrected chi connectivity index (χ4v) is 6.03. The number of carbonyl (C=O) groups excluding carboxylic acids is 2. The van der Waals surface area contributed by atoms with Crippen LogP contribution in [0.25, 0.3) is 0 Å². The van der Waals surface area contributed by atoms with Gasteiger partial charge >= 0.3 is 6.09 Å². The Morgan fingerprint density at radius 2 is 1.88 bits per heavy atom. The van der Waals surface area contributed by atoms with E-state index in [1.165, 1.54) is 21.3 Å². The fourth-order valence-electron chi connectivity index (χ4n) is 3.60.